The van der Waals surface area contributed by atoms with E-state index in [1.807, 2.05) is 6.07 Å². The van der Waals surface area contributed by atoms with Gasteiger partial charge in [-0.3, -0.25) is 4.90 Å². The van der Waals surface area contributed by atoms with Crippen LogP contribution in [-0.2, 0) is 6.54 Å². The highest BCUT2D eigenvalue weighted by molar-refractivity contribution is 6.30. The molecule has 1 aliphatic heterocycles. The Labute approximate surface area is 125 Å². The highest BCUT2D eigenvalue weighted by Crippen LogP contribution is 2.29. The molecule has 0 radical (unpaired) electrons. The summed E-state index contributed by atoms with van der Waals surface area (Å²) < 4.78 is 13.4. The molecule has 1 N–H and O–H groups in total. The lowest BCUT2D eigenvalue weighted by atomic mass is 10.0. The van der Waals surface area contributed by atoms with Crippen molar-refractivity contribution in [3.05, 3.63) is 34.6 Å². The first kappa shape index (κ1) is 14.3. The molecule has 1 saturated heterocycles. The van der Waals surface area contributed by atoms with E-state index < -0.39 is 0 Å². The van der Waals surface area contributed by atoms with Crippen molar-refractivity contribution in [3.8, 4) is 0 Å². The summed E-state index contributed by atoms with van der Waals surface area (Å²) in [6, 6.07) is 6.13. The van der Waals surface area contributed by atoms with Crippen molar-refractivity contribution < 1.29 is 4.39 Å². The molecule has 1 atom stereocenters. The van der Waals surface area contributed by atoms with Gasteiger partial charge in [0.1, 0.15) is 5.82 Å². The van der Waals surface area contributed by atoms with Crippen molar-refractivity contribution in [2.45, 2.75) is 50.7 Å². The number of piperidine rings is 1. The number of hydrogen-bond donors (Lipinski definition) is 1. The molecule has 0 spiro atoms. The molecule has 0 amide bonds. The van der Waals surface area contributed by atoms with Crippen LogP contribution in [-0.4, -0.2) is 30.1 Å². The van der Waals surface area contributed by atoms with Crippen LogP contribution in [0, 0.1) is 5.82 Å². The van der Waals surface area contributed by atoms with Crippen LogP contribution in [0.3, 0.4) is 0 Å². The Balaban J connectivity index is 1.64. The van der Waals surface area contributed by atoms with Crippen LogP contribution >= 0.6 is 11.6 Å². The quantitative estimate of drug-likeness (QED) is 0.893. The third-order valence-electron chi connectivity index (χ3n) is 4.24. The third-order valence-corrected chi connectivity index (χ3v) is 4.46. The molecule has 0 aromatic heterocycles. The summed E-state index contributed by atoms with van der Waals surface area (Å²) in [4.78, 5) is 2.49. The largest absolute Gasteiger partial charge is 0.313 e. The molecule has 1 saturated carbocycles. The standard InChI is InChI=1S/C16H22ClFN2/c17-13-7-12(8-14(18)9-13)10-20(16-4-5-16)11-15-3-1-2-6-19-15/h7-9,15-16,19H,1-6,10-11H2. The van der Waals surface area contributed by atoms with Crippen molar-refractivity contribution in [3.63, 3.8) is 0 Å². The van der Waals surface area contributed by atoms with E-state index in [-0.39, 0.29) is 5.82 Å². The fourth-order valence-corrected chi connectivity index (χ4v) is 3.33. The van der Waals surface area contributed by atoms with Crippen LogP contribution in [0.25, 0.3) is 0 Å². The monoisotopic (exact) mass is 296 g/mol. The van der Waals surface area contributed by atoms with Gasteiger partial charge in [0, 0.05) is 30.2 Å². The number of benzene rings is 1. The van der Waals surface area contributed by atoms with Crippen LogP contribution in [0.4, 0.5) is 4.39 Å². The molecule has 110 valence electrons. The average molecular weight is 297 g/mol. The Morgan fingerprint density at radius 3 is 2.70 bits per heavy atom. The van der Waals surface area contributed by atoms with Gasteiger partial charge in [-0.1, -0.05) is 18.0 Å². The van der Waals surface area contributed by atoms with Crippen molar-refractivity contribution in [2.75, 3.05) is 13.1 Å². The van der Waals surface area contributed by atoms with Crippen molar-refractivity contribution in [1.29, 1.82) is 0 Å². The Bertz CT molecular complexity index is 436. The number of rotatable bonds is 5. The highest BCUT2D eigenvalue weighted by atomic mass is 35.5. The summed E-state index contributed by atoms with van der Waals surface area (Å²) in [5.41, 5.74) is 0.984. The van der Waals surface area contributed by atoms with E-state index in [1.54, 1.807) is 6.07 Å². The van der Waals surface area contributed by atoms with Crippen molar-refractivity contribution >= 4 is 11.6 Å². The number of halogens is 2. The van der Waals surface area contributed by atoms with Crippen LogP contribution in [0.15, 0.2) is 18.2 Å². The number of hydrogen-bond acceptors (Lipinski definition) is 2. The molecular formula is C16H22ClFN2. The van der Waals surface area contributed by atoms with Crippen LogP contribution in [0.1, 0.15) is 37.7 Å². The second kappa shape index (κ2) is 6.42. The Kier molecular flexibility index (Phi) is 4.59. The lowest BCUT2D eigenvalue weighted by molar-refractivity contribution is 0.208. The molecule has 0 bridgehead atoms. The first-order valence-corrected chi connectivity index (χ1v) is 8.01. The van der Waals surface area contributed by atoms with Crippen LogP contribution in [0.2, 0.25) is 5.02 Å². The van der Waals surface area contributed by atoms with Gasteiger partial charge in [-0.25, -0.2) is 4.39 Å². The Hall–Kier alpha value is -0.640. The van der Waals surface area contributed by atoms with E-state index in [0.29, 0.717) is 17.1 Å². The molecule has 20 heavy (non-hydrogen) atoms. The van der Waals surface area contributed by atoms with E-state index in [1.165, 1.54) is 38.2 Å². The van der Waals surface area contributed by atoms with Gasteiger partial charge < -0.3 is 5.32 Å². The Morgan fingerprint density at radius 1 is 1.20 bits per heavy atom. The fraction of sp³-hybridized carbons (Fsp3) is 0.625. The van der Waals surface area contributed by atoms with Crippen molar-refractivity contribution in [1.82, 2.24) is 10.2 Å². The maximum absolute atomic E-state index is 13.4. The van der Waals surface area contributed by atoms with Gasteiger partial charge in [-0.15, -0.1) is 0 Å². The fourth-order valence-electron chi connectivity index (χ4n) is 3.08. The summed E-state index contributed by atoms with van der Waals surface area (Å²) in [7, 11) is 0. The molecule has 1 unspecified atom stereocenters. The van der Waals surface area contributed by atoms with Gasteiger partial charge >= 0.3 is 0 Å². The van der Waals surface area contributed by atoms with E-state index in [0.717, 1.165) is 25.2 Å². The minimum absolute atomic E-state index is 0.237. The minimum Gasteiger partial charge on any atom is -0.313 e. The van der Waals surface area contributed by atoms with E-state index in [2.05, 4.69) is 10.2 Å². The topological polar surface area (TPSA) is 15.3 Å². The average Bonchev–Trinajstić information content (AvgIpc) is 3.22. The predicted octanol–water partition coefficient (Wildman–Crippen LogP) is 3.59. The van der Waals surface area contributed by atoms with Crippen molar-refractivity contribution in [2.24, 2.45) is 0 Å². The summed E-state index contributed by atoms with van der Waals surface area (Å²) in [6.45, 7) is 3.01. The second-order valence-corrected chi connectivity index (χ2v) is 6.52. The molecule has 3 rings (SSSR count). The third kappa shape index (κ3) is 3.94. The van der Waals surface area contributed by atoms with Gasteiger partial charge in [0.25, 0.3) is 0 Å². The molecular weight excluding hydrogens is 275 g/mol. The maximum Gasteiger partial charge on any atom is 0.125 e. The predicted molar refractivity (Wildman–Crippen MR) is 80.5 cm³/mol. The lowest BCUT2D eigenvalue weighted by Crippen LogP contribution is -2.44. The van der Waals surface area contributed by atoms with Gasteiger partial charge in [-0.05, 0) is 56.0 Å². The van der Waals surface area contributed by atoms with Gasteiger partial charge in [0.15, 0.2) is 0 Å². The maximum atomic E-state index is 13.4. The van der Waals surface area contributed by atoms with E-state index >= 15 is 0 Å². The lowest BCUT2D eigenvalue weighted by Gasteiger charge is -2.30. The number of nitrogens with zero attached hydrogens (tertiary/aromatic N) is 1. The van der Waals surface area contributed by atoms with E-state index in [9.17, 15) is 4.39 Å². The molecule has 1 aromatic rings. The molecule has 1 aromatic carbocycles. The first-order valence-electron chi connectivity index (χ1n) is 7.63. The van der Waals surface area contributed by atoms with Gasteiger partial charge in [0.2, 0.25) is 0 Å². The smallest absolute Gasteiger partial charge is 0.125 e. The highest BCUT2D eigenvalue weighted by Gasteiger charge is 2.30. The zero-order valence-electron chi connectivity index (χ0n) is 11.7. The van der Waals surface area contributed by atoms with E-state index in [4.69, 9.17) is 11.6 Å². The normalized spacial score (nSPS) is 23.2. The number of nitrogens with one attached hydrogen (secondary N) is 1. The second-order valence-electron chi connectivity index (χ2n) is 6.09. The molecule has 4 heteroatoms. The van der Waals surface area contributed by atoms with Crippen LogP contribution in [0.5, 0.6) is 0 Å². The van der Waals surface area contributed by atoms with Crippen LogP contribution < -0.4 is 5.32 Å². The summed E-state index contributed by atoms with van der Waals surface area (Å²) in [5, 5.41) is 4.09. The molecule has 2 aliphatic rings. The zero-order chi connectivity index (χ0) is 13.9. The summed E-state index contributed by atoms with van der Waals surface area (Å²) >= 11 is 5.95. The van der Waals surface area contributed by atoms with Gasteiger partial charge in [-0.2, -0.15) is 0 Å². The van der Waals surface area contributed by atoms with Gasteiger partial charge in [0.05, 0.1) is 0 Å². The minimum atomic E-state index is -0.237. The molecule has 1 aliphatic carbocycles. The summed E-state index contributed by atoms with van der Waals surface area (Å²) in [5.74, 6) is -0.237. The molecule has 2 nitrogen and oxygen atoms in total. The SMILES string of the molecule is Fc1cc(Cl)cc(CN(CC2CCCCN2)C2CC2)c1. The first-order chi connectivity index (χ1) is 9.70. The summed E-state index contributed by atoms with van der Waals surface area (Å²) in [6.07, 6.45) is 6.42. The zero-order valence-corrected chi connectivity index (χ0v) is 12.5. The Morgan fingerprint density at radius 2 is 2.05 bits per heavy atom. The molecule has 2 fully saturated rings. The molecule has 1 heterocycles.